The van der Waals surface area contributed by atoms with Crippen LogP contribution >= 0.6 is 23.2 Å². The van der Waals surface area contributed by atoms with Gasteiger partial charge in [-0.15, -0.1) is 0 Å². The molecule has 0 radical (unpaired) electrons. The van der Waals surface area contributed by atoms with Gasteiger partial charge in [0, 0.05) is 44.6 Å². The van der Waals surface area contributed by atoms with E-state index in [0.29, 0.717) is 23.6 Å². The van der Waals surface area contributed by atoms with E-state index in [9.17, 15) is 23.1 Å². The van der Waals surface area contributed by atoms with Gasteiger partial charge in [0.25, 0.3) is 0 Å². The normalized spacial score (nSPS) is 23.8. The van der Waals surface area contributed by atoms with Crippen LogP contribution in [0.5, 0.6) is 0 Å². The van der Waals surface area contributed by atoms with Gasteiger partial charge in [-0.1, -0.05) is 29.3 Å². The lowest BCUT2D eigenvalue weighted by Gasteiger charge is -2.34. The molecule has 1 N–H and O–H groups in total. The van der Waals surface area contributed by atoms with Crippen molar-refractivity contribution in [1.82, 2.24) is 14.8 Å². The number of sulfone groups is 1. The number of carboxylic acid groups (broad SMARTS) is 1. The zero-order valence-corrected chi connectivity index (χ0v) is 22.6. The standard InChI is InChI=1S/C25H28Cl2N4O5S/c1-29-8-10-30(11-9-29)17-3-4-21(19(26)12-17)37(35,36)18-13-20(23(32)33)31(15-18)24(34)25(6-7-25)16-2-5-22(27)28-14-16/h2-5,12,14,18,20H,6-11,13,15H2,1H3,(H,32,33)/t18-,20-/m1/s1. The molecule has 0 bridgehead atoms. The minimum Gasteiger partial charge on any atom is -0.480 e. The van der Waals surface area contributed by atoms with E-state index in [1.165, 1.54) is 17.2 Å². The second-order valence-electron chi connectivity index (χ2n) is 10.1. The fraction of sp³-hybridized carbons (Fsp3) is 0.480. The van der Waals surface area contributed by atoms with Crippen molar-refractivity contribution in [3.05, 3.63) is 52.3 Å². The first-order chi connectivity index (χ1) is 17.5. The van der Waals surface area contributed by atoms with Crippen molar-refractivity contribution in [2.24, 2.45) is 0 Å². The summed E-state index contributed by atoms with van der Waals surface area (Å²) < 4.78 is 27.3. The number of pyridine rings is 1. The van der Waals surface area contributed by atoms with Crippen molar-refractivity contribution in [2.75, 3.05) is 44.7 Å². The van der Waals surface area contributed by atoms with Crippen LogP contribution in [0.3, 0.4) is 0 Å². The predicted octanol–water partition coefficient (Wildman–Crippen LogP) is 2.70. The highest BCUT2D eigenvalue weighted by Gasteiger charge is 2.57. The number of hydrogen-bond acceptors (Lipinski definition) is 7. The number of likely N-dealkylation sites (N-methyl/N-ethyl adjacent to an activating group) is 1. The molecule has 9 nitrogen and oxygen atoms in total. The first-order valence-electron chi connectivity index (χ1n) is 12.2. The van der Waals surface area contributed by atoms with Gasteiger partial charge in [0.15, 0.2) is 9.84 Å². The van der Waals surface area contributed by atoms with Crippen LogP contribution in [0.25, 0.3) is 0 Å². The van der Waals surface area contributed by atoms with Gasteiger partial charge in [-0.25, -0.2) is 18.2 Å². The smallest absolute Gasteiger partial charge is 0.326 e. The minimum atomic E-state index is -4.00. The van der Waals surface area contributed by atoms with Crippen molar-refractivity contribution in [3.63, 3.8) is 0 Å². The van der Waals surface area contributed by atoms with E-state index in [-0.39, 0.29) is 22.9 Å². The number of halogens is 2. The van der Waals surface area contributed by atoms with E-state index >= 15 is 0 Å². The molecule has 1 aliphatic carbocycles. The molecule has 12 heteroatoms. The van der Waals surface area contributed by atoms with Crippen LogP contribution in [0.15, 0.2) is 41.4 Å². The van der Waals surface area contributed by atoms with E-state index in [4.69, 9.17) is 23.2 Å². The summed E-state index contributed by atoms with van der Waals surface area (Å²) in [5.74, 6) is -1.62. The van der Waals surface area contributed by atoms with Crippen LogP contribution in [0.1, 0.15) is 24.8 Å². The number of likely N-dealkylation sites (tertiary alicyclic amines) is 1. The van der Waals surface area contributed by atoms with E-state index in [1.807, 2.05) is 0 Å². The monoisotopic (exact) mass is 566 g/mol. The molecular formula is C25H28Cl2N4O5S. The number of aromatic nitrogens is 1. The van der Waals surface area contributed by atoms with Gasteiger partial charge < -0.3 is 19.8 Å². The molecule has 3 heterocycles. The number of aliphatic carboxylic acids is 1. The zero-order chi connectivity index (χ0) is 26.5. The fourth-order valence-corrected chi connectivity index (χ4v) is 7.68. The third kappa shape index (κ3) is 4.80. The summed E-state index contributed by atoms with van der Waals surface area (Å²) in [6.07, 6.45) is 2.40. The number of hydrogen-bond donors (Lipinski definition) is 1. The summed E-state index contributed by atoms with van der Waals surface area (Å²) >= 11 is 12.4. The maximum atomic E-state index is 13.6. The third-order valence-electron chi connectivity index (χ3n) is 7.78. The Balaban J connectivity index is 1.39. The van der Waals surface area contributed by atoms with Gasteiger partial charge in [0.1, 0.15) is 11.2 Å². The molecule has 5 rings (SSSR count). The average molecular weight is 567 g/mol. The van der Waals surface area contributed by atoms with Gasteiger partial charge in [0.2, 0.25) is 5.91 Å². The molecule has 0 unspecified atom stereocenters. The first-order valence-corrected chi connectivity index (χ1v) is 14.5. The number of carboxylic acids is 1. The Morgan fingerprint density at radius 3 is 2.35 bits per heavy atom. The number of benzene rings is 1. The lowest BCUT2D eigenvalue weighted by molar-refractivity contribution is -0.149. The fourth-order valence-electron chi connectivity index (χ4n) is 5.33. The van der Waals surface area contributed by atoms with Gasteiger partial charge >= 0.3 is 5.97 Å². The van der Waals surface area contributed by atoms with E-state index in [1.54, 1.807) is 24.3 Å². The van der Waals surface area contributed by atoms with Crippen LogP contribution < -0.4 is 4.90 Å². The first kappa shape index (κ1) is 26.2. The summed E-state index contributed by atoms with van der Waals surface area (Å²) in [5.41, 5.74) is 0.599. The van der Waals surface area contributed by atoms with Gasteiger partial charge in [-0.3, -0.25) is 4.79 Å². The lowest BCUT2D eigenvalue weighted by Crippen LogP contribution is -2.46. The summed E-state index contributed by atoms with van der Waals surface area (Å²) in [5, 5.41) is 9.19. The quantitative estimate of drug-likeness (QED) is 0.531. The highest BCUT2D eigenvalue weighted by Crippen LogP contribution is 2.50. The number of anilines is 1. The van der Waals surface area contributed by atoms with Crippen LogP contribution in [-0.4, -0.2) is 91.2 Å². The van der Waals surface area contributed by atoms with Crippen LogP contribution in [0.4, 0.5) is 5.69 Å². The van der Waals surface area contributed by atoms with Crippen molar-refractivity contribution >= 4 is 50.6 Å². The molecule has 37 heavy (non-hydrogen) atoms. The molecule has 2 aliphatic heterocycles. The Morgan fingerprint density at radius 2 is 1.78 bits per heavy atom. The van der Waals surface area contributed by atoms with Crippen LogP contribution in [-0.2, 0) is 24.8 Å². The number of nitrogens with zero attached hydrogens (tertiary/aromatic N) is 4. The molecule has 2 aromatic rings. The van der Waals surface area contributed by atoms with Gasteiger partial charge in [-0.2, -0.15) is 0 Å². The largest absolute Gasteiger partial charge is 0.480 e. The van der Waals surface area contributed by atoms with Crippen LogP contribution in [0.2, 0.25) is 10.2 Å². The maximum absolute atomic E-state index is 13.6. The lowest BCUT2D eigenvalue weighted by atomic mass is 9.95. The van der Waals surface area contributed by atoms with Gasteiger partial charge in [0.05, 0.1) is 20.6 Å². The molecule has 1 saturated carbocycles. The topological polar surface area (TPSA) is 111 Å². The van der Waals surface area contributed by atoms with Crippen LogP contribution in [0, 0.1) is 0 Å². The molecule has 1 aromatic carbocycles. The minimum absolute atomic E-state index is 0.0430. The second-order valence-corrected chi connectivity index (χ2v) is 13.1. The Hall–Kier alpha value is -2.40. The molecule has 2 saturated heterocycles. The molecular weight excluding hydrogens is 539 g/mol. The second kappa shape index (κ2) is 9.72. The molecule has 2 atom stereocenters. The molecule has 1 amide bonds. The highest BCUT2D eigenvalue weighted by molar-refractivity contribution is 7.92. The maximum Gasteiger partial charge on any atom is 0.326 e. The number of rotatable bonds is 6. The summed E-state index contributed by atoms with van der Waals surface area (Å²) in [6, 6.07) is 6.94. The Labute approximate surface area is 225 Å². The summed E-state index contributed by atoms with van der Waals surface area (Å²) in [6.45, 7) is 3.20. The SMILES string of the molecule is CN1CCN(c2ccc(S(=O)(=O)[C@@H]3C[C@H](C(=O)O)N(C(=O)C4(c5ccc(Cl)nc5)CC4)C3)c(Cl)c2)CC1. The van der Waals surface area contributed by atoms with Crippen molar-refractivity contribution in [1.29, 1.82) is 0 Å². The number of amides is 1. The predicted molar refractivity (Wildman–Crippen MR) is 140 cm³/mol. The summed E-state index contributed by atoms with van der Waals surface area (Å²) in [4.78, 5) is 35.3. The molecule has 198 valence electrons. The average Bonchev–Trinajstić information content (AvgIpc) is 3.54. The Bertz CT molecular complexity index is 1330. The van der Waals surface area contributed by atoms with Gasteiger partial charge in [-0.05, 0) is 56.1 Å². The van der Waals surface area contributed by atoms with E-state index in [2.05, 4.69) is 21.8 Å². The molecule has 0 spiro atoms. The highest BCUT2D eigenvalue weighted by atomic mass is 35.5. The molecule has 1 aromatic heterocycles. The van der Waals surface area contributed by atoms with E-state index < -0.39 is 38.4 Å². The summed E-state index contributed by atoms with van der Waals surface area (Å²) in [7, 11) is -1.95. The molecule has 3 aliphatic rings. The third-order valence-corrected chi connectivity index (χ3v) is 10.6. The zero-order valence-electron chi connectivity index (χ0n) is 20.3. The van der Waals surface area contributed by atoms with Crippen molar-refractivity contribution < 1.29 is 23.1 Å². The number of piperazine rings is 1. The Kier molecular flexibility index (Phi) is 6.89. The van der Waals surface area contributed by atoms with Crippen molar-refractivity contribution in [3.8, 4) is 0 Å². The molecule has 3 fully saturated rings. The van der Waals surface area contributed by atoms with Crippen molar-refractivity contribution in [2.45, 2.75) is 40.9 Å². The Morgan fingerprint density at radius 1 is 1.08 bits per heavy atom. The number of carbonyl (C=O) groups is 2. The number of carbonyl (C=O) groups excluding carboxylic acids is 1. The van der Waals surface area contributed by atoms with E-state index in [0.717, 1.165) is 31.9 Å².